The third-order valence-electron chi connectivity index (χ3n) is 4.38. The highest BCUT2D eigenvalue weighted by molar-refractivity contribution is 5.94. The fourth-order valence-electron chi connectivity index (χ4n) is 3.03. The number of nitrogens with zero attached hydrogens (tertiary/aromatic N) is 2. The third-order valence-corrected chi connectivity index (χ3v) is 4.38. The lowest BCUT2D eigenvalue weighted by atomic mass is 9.94. The number of halogens is 1. The molecule has 24 heavy (non-hydrogen) atoms. The quantitative estimate of drug-likeness (QED) is 0.778. The van der Waals surface area contributed by atoms with Crippen molar-refractivity contribution in [3.8, 4) is 0 Å². The molecule has 130 valence electrons. The minimum absolute atomic E-state index is 0.0402. The van der Waals surface area contributed by atoms with Crippen LogP contribution in [-0.4, -0.2) is 47.8 Å². The van der Waals surface area contributed by atoms with E-state index < -0.39 is 0 Å². The molecule has 1 aliphatic heterocycles. The average molecular weight is 332 g/mol. The molecule has 1 aromatic carbocycles. The summed E-state index contributed by atoms with van der Waals surface area (Å²) in [7, 11) is 0. The molecule has 4 nitrogen and oxygen atoms in total. The normalized spacial score (nSPS) is 15.2. The highest BCUT2D eigenvalue weighted by atomic mass is 19.1. The van der Waals surface area contributed by atoms with Gasteiger partial charge in [0.05, 0.1) is 0 Å². The van der Waals surface area contributed by atoms with Crippen LogP contribution < -0.4 is 0 Å². The number of carbonyl (C=O) groups is 2. The Kier molecular flexibility index (Phi) is 6.12. The van der Waals surface area contributed by atoms with E-state index in [1.54, 1.807) is 4.90 Å². The van der Waals surface area contributed by atoms with Crippen molar-refractivity contribution >= 4 is 11.8 Å². The van der Waals surface area contributed by atoms with Crippen LogP contribution in [-0.2, 0) is 4.79 Å². The third kappa shape index (κ3) is 4.43. The number of likely N-dealkylation sites (tertiary alicyclic amines) is 1. The monoisotopic (exact) mass is 332 g/mol. The Morgan fingerprint density at radius 2 is 1.83 bits per heavy atom. The average Bonchev–Trinajstić information content (AvgIpc) is 2.59. The number of benzene rings is 1. The molecule has 0 atom stereocenters. The zero-order valence-corrected chi connectivity index (χ0v) is 14.4. The molecular formula is C19H25FN2O2. The van der Waals surface area contributed by atoms with E-state index in [-0.39, 0.29) is 23.5 Å². The molecule has 1 saturated heterocycles. The lowest BCUT2D eigenvalue weighted by molar-refractivity contribution is -0.136. The van der Waals surface area contributed by atoms with E-state index in [9.17, 15) is 14.0 Å². The molecule has 0 spiro atoms. The number of likely N-dealkylation sites (N-methyl/N-ethyl adjacent to an activating group) is 1. The van der Waals surface area contributed by atoms with Gasteiger partial charge in [0.1, 0.15) is 5.82 Å². The molecule has 0 bridgehead atoms. The molecule has 1 aliphatic rings. The molecule has 0 aliphatic carbocycles. The summed E-state index contributed by atoms with van der Waals surface area (Å²) in [6.07, 6.45) is 1.33. The summed E-state index contributed by atoms with van der Waals surface area (Å²) >= 11 is 0. The van der Waals surface area contributed by atoms with Gasteiger partial charge in [-0.3, -0.25) is 9.59 Å². The van der Waals surface area contributed by atoms with Gasteiger partial charge >= 0.3 is 0 Å². The van der Waals surface area contributed by atoms with Gasteiger partial charge in [-0.15, -0.1) is 0 Å². The molecule has 5 heteroatoms. The van der Waals surface area contributed by atoms with Crippen LogP contribution >= 0.6 is 0 Å². The molecule has 0 unspecified atom stereocenters. The van der Waals surface area contributed by atoms with E-state index >= 15 is 0 Å². The van der Waals surface area contributed by atoms with Crippen molar-refractivity contribution in [2.24, 2.45) is 5.92 Å². The molecule has 1 fully saturated rings. The summed E-state index contributed by atoms with van der Waals surface area (Å²) in [5.74, 6) is -0.348. The molecule has 1 heterocycles. The van der Waals surface area contributed by atoms with Crippen LogP contribution in [0.3, 0.4) is 0 Å². The summed E-state index contributed by atoms with van der Waals surface area (Å²) in [5.41, 5.74) is 1.45. The first-order valence-corrected chi connectivity index (χ1v) is 8.40. The van der Waals surface area contributed by atoms with Gasteiger partial charge in [0, 0.05) is 37.7 Å². The van der Waals surface area contributed by atoms with Crippen LogP contribution in [0.4, 0.5) is 4.39 Å². The highest BCUT2D eigenvalue weighted by Crippen LogP contribution is 2.21. The first-order valence-electron chi connectivity index (χ1n) is 8.40. The van der Waals surface area contributed by atoms with Gasteiger partial charge in [-0.25, -0.2) is 4.39 Å². The number of piperidine rings is 1. The van der Waals surface area contributed by atoms with Crippen LogP contribution in [0.15, 0.2) is 36.4 Å². The van der Waals surface area contributed by atoms with Gasteiger partial charge in [-0.1, -0.05) is 12.2 Å². The highest BCUT2D eigenvalue weighted by Gasteiger charge is 2.30. The maximum atomic E-state index is 13.0. The number of rotatable bonds is 5. The van der Waals surface area contributed by atoms with Gasteiger partial charge < -0.3 is 9.80 Å². The summed E-state index contributed by atoms with van der Waals surface area (Å²) < 4.78 is 13.0. The van der Waals surface area contributed by atoms with Crippen molar-refractivity contribution in [2.75, 3.05) is 26.2 Å². The molecule has 0 radical (unpaired) electrons. The van der Waals surface area contributed by atoms with Gasteiger partial charge in [-0.2, -0.15) is 0 Å². The molecule has 0 N–H and O–H groups in total. The molecule has 1 aromatic rings. The van der Waals surface area contributed by atoms with Gasteiger partial charge in [0.15, 0.2) is 0 Å². The van der Waals surface area contributed by atoms with Crippen LogP contribution in [0.25, 0.3) is 0 Å². The van der Waals surface area contributed by atoms with Crippen LogP contribution in [0.5, 0.6) is 0 Å². The largest absolute Gasteiger partial charge is 0.339 e. The van der Waals surface area contributed by atoms with E-state index in [4.69, 9.17) is 0 Å². The van der Waals surface area contributed by atoms with Crippen molar-refractivity contribution in [1.82, 2.24) is 9.80 Å². The van der Waals surface area contributed by atoms with Gasteiger partial charge in [0.25, 0.3) is 5.91 Å². The van der Waals surface area contributed by atoms with Crippen molar-refractivity contribution in [3.63, 3.8) is 0 Å². The molecular weight excluding hydrogens is 307 g/mol. The standard InChI is InChI=1S/C19H25FN2O2/c1-4-21(13-14(2)3)18(23)16-9-11-22(12-10-16)19(24)15-5-7-17(20)8-6-15/h5-8,16H,2,4,9-13H2,1,3H3. The van der Waals surface area contributed by atoms with E-state index in [1.807, 2.05) is 18.7 Å². The van der Waals surface area contributed by atoms with Crippen LogP contribution in [0, 0.1) is 11.7 Å². The Labute approximate surface area is 142 Å². The minimum atomic E-state index is -0.354. The number of carbonyl (C=O) groups excluding carboxylic acids is 2. The van der Waals surface area contributed by atoms with E-state index in [0.717, 1.165) is 5.57 Å². The number of hydrogen-bond acceptors (Lipinski definition) is 2. The second-order valence-corrected chi connectivity index (χ2v) is 6.38. The van der Waals surface area contributed by atoms with Crippen molar-refractivity contribution in [3.05, 3.63) is 47.8 Å². The Hall–Kier alpha value is -2.17. The Morgan fingerprint density at radius 1 is 1.25 bits per heavy atom. The first-order chi connectivity index (χ1) is 11.4. The molecule has 0 saturated carbocycles. The predicted molar refractivity (Wildman–Crippen MR) is 92.1 cm³/mol. The van der Waals surface area contributed by atoms with Crippen molar-refractivity contribution in [1.29, 1.82) is 0 Å². The van der Waals surface area contributed by atoms with E-state index in [2.05, 4.69) is 6.58 Å². The summed E-state index contributed by atoms with van der Waals surface area (Å²) in [5, 5.41) is 0. The second kappa shape index (κ2) is 8.08. The summed E-state index contributed by atoms with van der Waals surface area (Å²) in [6, 6.07) is 5.58. The summed E-state index contributed by atoms with van der Waals surface area (Å²) in [6.45, 7) is 10.1. The maximum Gasteiger partial charge on any atom is 0.253 e. The fourth-order valence-corrected chi connectivity index (χ4v) is 3.03. The minimum Gasteiger partial charge on any atom is -0.339 e. The second-order valence-electron chi connectivity index (χ2n) is 6.38. The zero-order valence-electron chi connectivity index (χ0n) is 14.4. The number of amides is 2. The topological polar surface area (TPSA) is 40.6 Å². The number of hydrogen-bond donors (Lipinski definition) is 0. The van der Waals surface area contributed by atoms with Crippen LogP contribution in [0.1, 0.15) is 37.0 Å². The van der Waals surface area contributed by atoms with E-state index in [0.29, 0.717) is 44.6 Å². The van der Waals surface area contributed by atoms with Gasteiger partial charge in [0.2, 0.25) is 5.91 Å². The van der Waals surface area contributed by atoms with Crippen molar-refractivity contribution in [2.45, 2.75) is 26.7 Å². The molecule has 0 aromatic heterocycles. The Morgan fingerprint density at radius 3 is 2.33 bits per heavy atom. The SMILES string of the molecule is C=C(C)CN(CC)C(=O)C1CCN(C(=O)c2ccc(F)cc2)CC1. The molecule has 2 amide bonds. The zero-order chi connectivity index (χ0) is 17.7. The first kappa shape index (κ1) is 18.2. The lowest BCUT2D eigenvalue weighted by Crippen LogP contribution is -2.44. The lowest BCUT2D eigenvalue weighted by Gasteiger charge is -2.34. The Balaban J connectivity index is 1.92. The molecule has 2 rings (SSSR count). The fraction of sp³-hybridized carbons (Fsp3) is 0.474. The summed E-state index contributed by atoms with van der Waals surface area (Å²) in [4.78, 5) is 28.6. The van der Waals surface area contributed by atoms with Gasteiger partial charge in [-0.05, 0) is 51.0 Å². The van der Waals surface area contributed by atoms with E-state index in [1.165, 1.54) is 24.3 Å². The Bertz CT molecular complexity index is 604. The smallest absolute Gasteiger partial charge is 0.253 e. The van der Waals surface area contributed by atoms with Crippen molar-refractivity contribution < 1.29 is 14.0 Å². The van der Waals surface area contributed by atoms with Crippen LogP contribution in [0.2, 0.25) is 0 Å². The predicted octanol–water partition coefficient (Wildman–Crippen LogP) is 3.10. The maximum absolute atomic E-state index is 13.0.